The fourth-order valence-corrected chi connectivity index (χ4v) is 3.48. The van der Waals surface area contributed by atoms with E-state index in [2.05, 4.69) is 10.6 Å². The van der Waals surface area contributed by atoms with Crippen molar-refractivity contribution in [1.82, 2.24) is 5.32 Å². The molecular weight excluding hydrogens is 287 g/mol. The zero-order valence-corrected chi connectivity index (χ0v) is 12.6. The molecule has 0 saturated heterocycles. The van der Waals surface area contributed by atoms with Crippen LogP contribution in [-0.4, -0.2) is 12.5 Å². The molecule has 21 heavy (non-hydrogen) atoms. The highest BCUT2D eigenvalue weighted by Crippen LogP contribution is 2.33. The van der Waals surface area contributed by atoms with Crippen molar-refractivity contribution in [2.75, 3.05) is 11.9 Å². The number of nitrogens with one attached hydrogen (secondary N) is 2. The van der Waals surface area contributed by atoms with Crippen molar-refractivity contribution in [1.29, 1.82) is 0 Å². The van der Waals surface area contributed by atoms with Crippen LogP contribution >= 0.6 is 11.3 Å². The van der Waals surface area contributed by atoms with Gasteiger partial charge in [0.1, 0.15) is 5.82 Å². The van der Waals surface area contributed by atoms with Crippen molar-refractivity contribution >= 4 is 22.9 Å². The summed E-state index contributed by atoms with van der Waals surface area (Å²) >= 11 is 1.61. The normalized spacial score (nSPS) is 15.4. The van der Waals surface area contributed by atoms with Crippen LogP contribution in [0.4, 0.5) is 10.1 Å². The first kappa shape index (κ1) is 14.2. The maximum absolute atomic E-state index is 14.5. The molecule has 5 heteroatoms. The Morgan fingerprint density at radius 3 is 3.00 bits per heavy atom. The van der Waals surface area contributed by atoms with Crippen LogP contribution in [0.15, 0.2) is 29.6 Å². The zero-order chi connectivity index (χ0) is 14.8. The maximum atomic E-state index is 14.5. The second kappa shape index (κ2) is 5.95. The Morgan fingerprint density at radius 1 is 1.43 bits per heavy atom. The number of rotatable bonds is 4. The van der Waals surface area contributed by atoms with Gasteiger partial charge in [-0.25, -0.2) is 4.39 Å². The first-order valence-corrected chi connectivity index (χ1v) is 7.96. The number of halogens is 1. The van der Waals surface area contributed by atoms with Crippen molar-refractivity contribution in [3.8, 4) is 0 Å². The molecule has 1 aliphatic heterocycles. The molecule has 0 saturated carbocycles. The molecule has 3 nitrogen and oxygen atoms in total. The van der Waals surface area contributed by atoms with Gasteiger partial charge in [-0.2, -0.15) is 0 Å². The lowest BCUT2D eigenvalue weighted by Gasteiger charge is -2.22. The lowest BCUT2D eigenvalue weighted by Crippen LogP contribution is -2.24. The Morgan fingerprint density at radius 2 is 2.29 bits per heavy atom. The minimum atomic E-state index is -0.282. The molecule has 1 unspecified atom stereocenters. The van der Waals surface area contributed by atoms with Crippen LogP contribution in [0.2, 0.25) is 0 Å². The summed E-state index contributed by atoms with van der Waals surface area (Å²) in [6, 6.07) is 7.18. The Kier molecular flexibility index (Phi) is 4.03. The minimum Gasteiger partial charge on any atom is -0.326 e. The summed E-state index contributed by atoms with van der Waals surface area (Å²) in [7, 11) is 0. The van der Waals surface area contributed by atoms with Crippen LogP contribution in [0.5, 0.6) is 0 Å². The van der Waals surface area contributed by atoms with Gasteiger partial charge in [0, 0.05) is 22.5 Å². The second-order valence-corrected chi connectivity index (χ2v) is 6.06. The summed E-state index contributed by atoms with van der Waals surface area (Å²) < 4.78 is 14.5. The van der Waals surface area contributed by atoms with E-state index < -0.39 is 0 Å². The molecule has 0 radical (unpaired) electrons. The van der Waals surface area contributed by atoms with Crippen molar-refractivity contribution < 1.29 is 9.18 Å². The zero-order valence-electron chi connectivity index (χ0n) is 11.8. The predicted molar refractivity (Wildman–Crippen MR) is 83.2 cm³/mol. The average molecular weight is 304 g/mol. The van der Waals surface area contributed by atoms with Crippen LogP contribution in [0.1, 0.15) is 35.4 Å². The Hall–Kier alpha value is -1.72. The third-order valence-electron chi connectivity index (χ3n) is 3.66. The summed E-state index contributed by atoms with van der Waals surface area (Å²) in [6.45, 7) is 2.77. The third-order valence-corrected chi connectivity index (χ3v) is 4.60. The number of amides is 1. The number of benzene rings is 1. The molecule has 0 bridgehead atoms. The summed E-state index contributed by atoms with van der Waals surface area (Å²) in [5.74, 6) is -0.327. The van der Waals surface area contributed by atoms with Gasteiger partial charge in [-0.15, -0.1) is 11.3 Å². The number of hydrogen-bond acceptors (Lipinski definition) is 3. The lowest BCUT2D eigenvalue weighted by molar-refractivity contribution is -0.116. The fourth-order valence-electron chi connectivity index (χ4n) is 2.67. The molecule has 1 atom stereocenters. The lowest BCUT2D eigenvalue weighted by atomic mass is 9.96. The summed E-state index contributed by atoms with van der Waals surface area (Å²) in [5.41, 5.74) is 2.26. The molecule has 1 aromatic carbocycles. The molecule has 0 spiro atoms. The summed E-state index contributed by atoms with van der Waals surface area (Å²) in [6.07, 6.45) is 1.13. The van der Waals surface area contributed by atoms with Crippen LogP contribution in [-0.2, 0) is 11.2 Å². The summed E-state index contributed by atoms with van der Waals surface area (Å²) in [4.78, 5) is 12.5. The minimum absolute atomic E-state index is 0.0452. The second-order valence-electron chi connectivity index (χ2n) is 5.09. The molecule has 1 aliphatic rings. The number of anilines is 1. The molecule has 2 heterocycles. The highest BCUT2D eigenvalue weighted by molar-refractivity contribution is 7.10. The van der Waals surface area contributed by atoms with E-state index in [4.69, 9.17) is 0 Å². The molecule has 3 rings (SSSR count). The van der Waals surface area contributed by atoms with Gasteiger partial charge >= 0.3 is 0 Å². The quantitative estimate of drug-likeness (QED) is 0.908. The van der Waals surface area contributed by atoms with E-state index in [1.165, 1.54) is 6.07 Å². The standard InChI is InChI=1S/C16H17FN2OS/c1-2-18-16(14-4-3-7-21-14)11-8-10-5-6-15(20)19-13(10)9-12(11)17/h3-4,7-9,16,18H,2,5-6H2,1H3,(H,19,20). The SMILES string of the molecule is CCNC(c1cccs1)c1cc2c(cc1F)NC(=O)CC2. The van der Waals surface area contributed by atoms with Crippen molar-refractivity contribution in [3.63, 3.8) is 0 Å². The van der Waals surface area contributed by atoms with Gasteiger partial charge in [0.05, 0.1) is 6.04 Å². The molecule has 2 N–H and O–H groups in total. The van der Waals surface area contributed by atoms with Gasteiger partial charge in [-0.3, -0.25) is 4.79 Å². The average Bonchev–Trinajstić information content (AvgIpc) is 2.98. The molecule has 1 aromatic heterocycles. The molecule has 2 aromatic rings. The van der Waals surface area contributed by atoms with Gasteiger partial charge in [-0.1, -0.05) is 13.0 Å². The van der Waals surface area contributed by atoms with E-state index in [9.17, 15) is 9.18 Å². The van der Waals surface area contributed by atoms with Gasteiger partial charge in [0.25, 0.3) is 0 Å². The van der Waals surface area contributed by atoms with Crippen LogP contribution in [0.3, 0.4) is 0 Å². The Balaban J connectivity index is 2.02. The number of carbonyl (C=O) groups is 1. The van der Waals surface area contributed by atoms with E-state index in [1.54, 1.807) is 11.3 Å². The van der Waals surface area contributed by atoms with E-state index >= 15 is 0 Å². The van der Waals surface area contributed by atoms with Gasteiger partial charge in [0.15, 0.2) is 0 Å². The maximum Gasteiger partial charge on any atom is 0.224 e. The van der Waals surface area contributed by atoms with Crippen LogP contribution in [0, 0.1) is 5.82 Å². The van der Waals surface area contributed by atoms with Crippen molar-refractivity contribution in [2.45, 2.75) is 25.8 Å². The molecule has 1 amide bonds. The molecule has 0 fully saturated rings. The monoisotopic (exact) mass is 304 g/mol. The number of aryl methyl sites for hydroxylation is 1. The van der Waals surface area contributed by atoms with E-state index in [1.807, 2.05) is 30.5 Å². The first-order valence-electron chi connectivity index (χ1n) is 7.08. The largest absolute Gasteiger partial charge is 0.326 e. The van der Waals surface area contributed by atoms with Crippen LogP contribution in [0.25, 0.3) is 0 Å². The van der Waals surface area contributed by atoms with Gasteiger partial charge < -0.3 is 10.6 Å². The van der Waals surface area contributed by atoms with E-state index in [0.29, 0.717) is 24.1 Å². The first-order chi connectivity index (χ1) is 10.2. The fraction of sp³-hybridized carbons (Fsp3) is 0.312. The highest BCUT2D eigenvalue weighted by Gasteiger charge is 2.23. The predicted octanol–water partition coefficient (Wildman–Crippen LogP) is 3.47. The summed E-state index contributed by atoms with van der Waals surface area (Å²) in [5, 5.41) is 8.07. The number of fused-ring (bicyclic) bond motifs is 1. The molecule has 0 aliphatic carbocycles. The van der Waals surface area contributed by atoms with Gasteiger partial charge in [-0.05, 0) is 42.1 Å². The number of hydrogen-bond donors (Lipinski definition) is 2. The Bertz CT molecular complexity index is 655. The third kappa shape index (κ3) is 2.84. The van der Waals surface area contributed by atoms with Gasteiger partial charge in [0.2, 0.25) is 5.91 Å². The highest BCUT2D eigenvalue weighted by atomic mass is 32.1. The molecular formula is C16H17FN2OS. The van der Waals surface area contributed by atoms with Crippen molar-refractivity contribution in [2.24, 2.45) is 0 Å². The smallest absolute Gasteiger partial charge is 0.224 e. The van der Waals surface area contributed by atoms with E-state index in [-0.39, 0.29) is 17.8 Å². The van der Waals surface area contributed by atoms with Crippen LogP contribution < -0.4 is 10.6 Å². The number of thiophene rings is 1. The Labute approximate surface area is 127 Å². The molecule has 110 valence electrons. The number of carbonyl (C=O) groups excluding carboxylic acids is 1. The topological polar surface area (TPSA) is 41.1 Å². The van der Waals surface area contributed by atoms with E-state index in [0.717, 1.165) is 17.0 Å². The van der Waals surface area contributed by atoms with Crippen molar-refractivity contribution in [3.05, 3.63) is 51.5 Å².